The maximum Gasteiger partial charge on any atom is 3.00 e. The van der Waals surface area contributed by atoms with Crippen LogP contribution in [0, 0.1) is 0 Å². The minimum atomic E-state index is -0.880. The molecule has 1 N–H and O–H groups in total. The normalized spacial score (nSPS) is 9.64. The van der Waals surface area contributed by atoms with E-state index in [0.717, 1.165) is 6.42 Å². The summed E-state index contributed by atoms with van der Waals surface area (Å²) in [6, 6.07) is 20.4. The summed E-state index contributed by atoms with van der Waals surface area (Å²) in [4.78, 5) is 8.16. The Hall–Kier alpha value is -0.310. The number of rotatable bonds is 5. The van der Waals surface area contributed by atoms with Gasteiger partial charge in [0.25, 0.3) is 0 Å². The third kappa shape index (κ3) is 9.01. The standard InChI is InChI=1S/C21H23.C2H7OSi.2ClH.Zr/c1-3-5-7-17-10-12-18(13-11-17)20-9-6-8-19-14-16(4-2)15-21(19)20;1-4(2)3;;;/h6,8-15H,3-5,7H2,1-2H3;3H,1-2H3;2*1H;/q-1;;;;+3/p-2. The van der Waals surface area contributed by atoms with Gasteiger partial charge in [-0.3, -0.25) is 0 Å². The number of unbranched alkanes of at least 4 members (excludes halogenated alkanes) is 1. The fourth-order valence-corrected chi connectivity index (χ4v) is 2.98. The second-order valence-corrected chi connectivity index (χ2v) is 8.67. The molecule has 0 aliphatic heterocycles. The number of benzene rings is 2. The summed E-state index contributed by atoms with van der Waals surface area (Å²) in [7, 11) is -0.880. The van der Waals surface area contributed by atoms with E-state index in [9.17, 15) is 0 Å². The van der Waals surface area contributed by atoms with Crippen LogP contribution in [0.5, 0.6) is 0 Å². The molecule has 0 amide bonds. The van der Waals surface area contributed by atoms with E-state index >= 15 is 0 Å². The molecule has 0 saturated heterocycles. The first kappa shape index (κ1) is 29.9. The number of fused-ring (bicyclic) bond motifs is 1. The molecule has 28 heavy (non-hydrogen) atoms. The maximum atomic E-state index is 8.16. The van der Waals surface area contributed by atoms with Gasteiger partial charge in [0.05, 0.1) is 0 Å². The zero-order chi connectivity index (χ0) is 18.2. The Morgan fingerprint density at radius 1 is 0.964 bits per heavy atom. The summed E-state index contributed by atoms with van der Waals surface area (Å²) >= 11 is 0. The molecule has 2 radical (unpaired) electrons. The van der Waals surface area contributed by atoms with E-state index in [-0.39, 0.29) is 51.0 Å². The molecule has 0 saturated carbocycles. The molecule has 0 fully saturated rings. The van der Waals surface area contributed by atoms with Gasteiger partial charge in [-0.15, -0.1) is 34.5 Å². The summed E-state index contributed by atoms with van der Waals surface area (Å²) in [5, 5.41) is 2.75. The molecule has 150 valence electrons. The largest absolute Gasteiger partial charge is 3.00 e. The second-order valence-electron chi connectivity index (χ2n) is 6.77. The van der Waals surface area contributed by atoms with Gasteiger partial charge in [-0.2, -0.15) is 6.07 Å². The molecule has 1 nitrogen and oxygen atoms in total. The SMILES string of the molecule is CCCCc1ccc(-c2cccc3[cH-]c(CC)cc23)cc1.C[Si](C)O.[Cl-].[Cl-].[Zr+3]. The molecular weight excluding hydrogens is 482 g/mol. The summed E-state index contributed by atoms with van der Waals surface area (Å²) in [6.45, 7) is 8.11. The van der Waals surface area contributed by atoms with E-state index < -0.39 is 9.04 Å². The van der Waals surface area contributed by atoms with E-state index in [1.165, 1.54) is 52.3 Å². The first-order chi connectivity index (χ1) is 12.0. The van der Waals surface area contributed by atoms with Crippen LogP contribution in [-0.4, -0.2) is 13.8 Å². The smallest absolute Gasteiger partial charge is 1.00 e. The average molecular weight is 513 g/mol. The first-order valence-corrected chi connectivity index (χ1v) is 11.8. The quantitative estimate of drug-likeness (QED) is 0.387. The Kier molecular flexibility index (Phi) is 16.6. The van der Waals surface area contributed by atoms with Crippen LogP contribution in [0.3, 0.4) is 0 Å². The summed E-state index contributed by atoms with van der Waals surface area (Å²) in [5.74, 6) is 0. The second kappa shape index (κ2) is 15.5. The van der Waals surface area contributed by atoms with Crippen molar-refractivity contribution in [1.29, 1.82) is 0 Å². The van der Waals surface area contributed by atoms with Gasteiger partial charge in [0.15, 0.2) is 9.04 Å². The summed E-state index contributed by atoms with van der Waals surface area (Å²) in [5.41, 5.74) is 5.56. The van der Waals surface area contributed by atoms with Crippen molar-refractivity contribution in [3.8, 4) is 11.1 Å². The number of halogens is 2. The monoisotopic (exact) mass is 510 g/mol. The van der Waals surface area contributed by atoms with Gasteiger partial charge in [0.2, 0.25) is 0 Å². The third-order valence-corrected chi connectivity index (χ3v) is 4.30. The van der Waals surface area contributed by atoms with Crippen molar-refractivity contribution in [3.63, 3.8) is 0 Å². The van der Waals surface area contributed by atoms with Crippen LogP contribution in [0.1, 0.15) is 37.8 Å². The fourth-order valence-electron chi connectivity index (χ4n) is 2.98. The zero-order valence-corrected chi connectivity index (χ0v) is 22.2. The van der Waals surface area contributed by atoms with Crippen molar-refractivity contribution in [1.82, 2.24) is 0 Å². The third-order valence-electron chi connectivity index (χ3n) is 4.30. The maximum absolute atomic E-state index is 8.16. The van der Waals surface area contributed by atoms with Crippen LogP contribution in [0.15, 0.2) is 54.6 Å². The molecule has 3 aromatic rings. The molecule has 3 aromatic carbocycles. The van der Waals surface area contributed by atoms with Crippen LogP contribution in [0.2, 0.25) is 13.1 Å². The van der Waals surface area contributed by atoms with Gasteiger partial charge < -0.3 is 29.6 Å². The Morgan fingerprint density at radius 2 is 1.57 bits per heavy atom. The first-order valence-electron chi connectivity index (χ1n) is 9.32. The number of aryl methyl sites for hydroxylation is 2. The molecule has 0 heterocycles. The molecule has 5 heteroatoms. The molecule has 0 unspecified atom stereocenters. The van der Waals surface area contributed by atoms with Gasteiger partial charge in [-0.05, 0) is 43.5 Å². The summed E-state index contributed by atoms with van der Waals surface area (Å²) in [6.07, 6.45) is 4.83. The molecule has 0 aliphatic carbocycles. The van der Waals surface area contributed by atoms with Crippen molar-refractivity contribution in [2.75, 3.05) is 0 Å². The van der Waals surface area contributed by atoms with Crippen LogP contribution < -0.4 is 24.8 Å². The van der Waals surface area contributed by atoms with Crippen molar-refractivity contribution >= 4 is 19.8 Å². The van der Waals surface area contributed by atoms with Crippen LogP contribution in [-0.2, 0) is 39.0 Å². The van der Waals surface area contributed by atoms with Gasteiger partial charge in [0, 0.05) is 0 Å². The predicted octanol–water partition coefficient (Wildman–Crippen LogP) is 0.366. The predicted molar refractivity (Wildman–Crippen MR) is 113 cm³/mol. The van der Waals surface area contributed by atoms with E-state index in [1.807, 2.05) is 13.1 Å². The van der Waals surface area contributed by atoms with Gasteiger partial charge in [-0.25, -0.2) is 0 Å². The molecule has 3 rings (SSSR count). The van der Waals surface area contributed by atoms with Crippen LogP contribution in [0.25, 0.3) is 21.9 Å². The topological polar surface area (TPSA) is 20.2 Å². The van der Waals surface area contributed by atoms with Crippen molar-refractivity contribution in [2.24, 2.45) is 0 Å². The number of hydrogen-bond donors (Lipinski definition) is 1. The number of hydrogen-bond acceptors (Lipinski definition) is 1. The minimum Gasteiger partial charge on any atom is -1.00 e. The van der Waals surface area contributed by atoms with Gasteiger partial charge in [-0.1, -0.05) is 56.2 Å². The van der Waals surface area contributed by atoms with Crippen LogP contribution >= 0.6 is 0 Å². The average Bonchev–Trinajstić information content (AvgIpc) is 3.03. The zero-order valence-electron chi connectivity index (χ0n) is 17.2. The molecule has 0 atom stereocenters. The van der Waals surface area contributed by atoms with E-state index in [4.69, 9.17) is 4.80 Å². The molecular formula is C23H30Cl2OSiZr. The Bertz CT molecular complexity index is 782. The Balaban J connectivity index is 0. The van der Waals surface area contributed by atoms with Crippen LogP contribution in [0.4, 0.5) is 0 Å². The van der Waals surface area contributed by atoms with Crippen molar-refractivity contribution in [2.45, 2.75) is 52.6 Å². The molecule has 0 aliphatic rings. The van der Waals surface area contributed by atoms with Crippen molar-refractivity contribution in [3.05, 3.63) is 65.7 Å². The molecule has 0 bridgehead atoms. The van der Waals surface area contributed by atoms with E-state index in [2.05, 4.69) is 68.4 Å². The van der Waals surface area contributed by atoms with E-state index in [0.29, 0.717) is 0 Å². The van der Waals surface area contributed by atoms with Gasteiger partial charge in [0.1, 0.15) is 0 Å². The Labute approximate surface area is 204 Å². The molecule has 0 aromatic heterocycles. The molecule has 0 spiro atoms. The summed E-state index contributed by atoms with van der Waals surface area (Å²) < 4.78 is 0. The van der Waals surface area contributed by atoms with E-state index in [1.54, 1.807) is 0 Å². The minimum absolute atomic E-state index is 0. The van der Waals surface area contributed by atoms with Gasteiger partial charge >= 0.3 is 26.2 Å². The fraction of sp³-hybridized carbons (Fsp3) is 0.348. The Morgan fingerprint density at radius 3 is 2.11 bits per heavy atom. The van der Waals surface area contributed by atoms with Crippen molar-refractivity contribution < 1.29 is 55.8 Å².